The first-order chi connectivity index (χ1) is 16.6. The molecule has 1 rings (SSSR count). The van der Waals surface area contributed by atoms with Crippen LogP contribution in [0.3, 0.4) is 0 Å². The fourth-order valence-electron chi connectivity index (χ4n) is 3.62. The number of halogens is 1. The highest BCUT2D eigenvalue weighted by Gasteiger charge is 2.16. The van der Waals surface area contributed by atoms with Crippen LogP contribution in [0, 0.1) is 5.92 Å². The molecule has 1 heterocycles. The van der Waals surface area contributed by atoms with Gasteiger partial charge < -0.3 is 29.0 Å². The maximum absolute atomic E-state index is 13.6. The minimum absolute atomic E-state index is 0.221. The van der Waals surface area contributed by atoms with E-state index in [0.717, 1.165) is 72.0 Å². The number of alkyl halides is 1. The van der Waals surface area contributed by atoms with Crippen LogP contribution in [-0.4, -0.2) is 134 Å². The molecule has 0 aromatic carbocycles. The van der Waals surface area contributed by atoms with E-state index in [1.54, 1.807) is 0 Å². The molecule has 204 valence electrons. The zero-order valence-corrected chi connectivity index (χ0v) is 22.1. The highest BCUT2D eigenvalue weighted by Crippen LogP contribution is 2.08. The predicted octanol–water partition coefficient (Wildman–Crippen LogP) is 2.07. The van der Waals surface area contributed by atoms with Gasteiger partial charge in [-0.15, -0.1) is 0 Å². The van der Waals surface area contributed by atoms with Crippen molar-refractivity contribution in [2.24, 2.45) is 5.92 Å². The van der Waals surface area contributed by atoms with Crippen molar-refractivity contribution >= 4 is 0 Å². The summed E-state index contributed by atoms with van der Waals surface area (Å²) in [5.41, 5.74) is 0. The van der Waals surface area contributed by atoms with Crippen LogP contribution in [0.25, 0.3) is 0 Å². The van der Waals surface area contributed by atoms with E-state index in [-0.39, 0.29) is 6.61 Å². The van der Waals surface area contributed by atoms with Crippen LogP contribution >= 0.6 is 0 Å². The predicted molar refractivity (Wildman–Crippen MR) is 134 cm³/mol. The van der Waals surface area contributed by atoms with Gasteiger partial charge in [-0.1, -0.05) is 20.8 Å². The number of hydrogen-bond acceptors (Lipinski definition) is 8. The molecule has 1 N–H and O–H groups in total. The van der Waals surface area contributed by atoms with Crippen LogP contribution in [0.1, 0.15) is 33.6 Å². The second-order valence-electron chi connectivity index (χ2n) is 9.18. The Morgan fingerprint density at radius 1 is 0.676 bits per heavy atom. The number of ether oxygens (including phenoxy) is 5. The molecule has 0 radical (unpaired) electrons. The van der Waals surface area contributed by atoms with Crippen molar-refractivity contribution in [2.75, 3.05) is 118 Å². The summed E-state index contributed by atoms with van der Waals surface area (Å²) in [5, 5.41) is 3.29. The number of nitrogens with zero attached hydrogens (tertiary/aromatic N) is 2. The van der Waals surface area contributed by atoms with E-state index in [2.05, 4.69) is 22.0 Å². The Bertz CT molecular complexity index is 429. The summed E-state index contributed by atoms with van der Waals surface area (Å²) in [5.74, 6) is 0.376. The Balaban J connectivity index is 1.79. The topological polar surface area (TPSA) is 64.7 Å². The highest BCUT2D eigenvalue weighted by molar-refractivity contribution is 4.71. The standard InChI is InChI=1S/C25H52FN3O5/c1-4-5-27-6-13-30-16-18-32-20-21-33-19-17-31-14-11-28-7-9-29(10-8-28)12-15-34-23-25(26)22-24(2)3/h24-25,27H,4-23H2,1-3H3. The third kappa shape index (κ3) is 19.9. The van der Waals surface area contributed by atoms with Crippen LogP contribution in [0.2, 0.25) is 0 Å². The molecule has 1 unspecified atom stereocenters. The average molecular weight is 494 g/mol. The second kappa shape index (κ2) is 23.0. The Morgan fingerprint density at radius 3 is 1.65 bits per heavy atom. The quantitative estimate of drug-likeness (QED) is 0.205. The first-order valence-electron chi connectivity index (χ1n) is 13.3. The smallest absolute Gasteiger partial charge is 0.124 e. The van der Waals surface area contributed by atoms with Gasteiger partial charge in [-0.05, 0) is 25.3 Å². The SMILES string of the molecule is CCCNCCOCCOCCOCCOCCN1CCN(CCOCC(F)CC(C)C)CC1. The van der Waals surface area contributed by atoms with E-state index in [1.807, 2.05) is 13.8 Å². The van der Waals surface area contributed by atoms with Crippen LogP contribution < -0.4 is 5.32 Å². The molecule has 0 saturated carbocycles. The Morgan fingerprint density at radius 2 is 1.15 bits per heavy atom. The van der Waals surface area contributed by atoms with Crippen molar-refractivity contribution in [1.82, 2.24) is 15.1 Å². The van der Waals surface area contributed by atoms with E-state index in [1.165, 1.54) is 0 Å². The number of piperazine rings is 1. The van der Waals surface area contributed by atoms with Crippen LogP contribution in [-0.2, 0) is 23.7 Å². The molecule has 1 fully saturated rings. The molecule has 1 atom stereocenters. The molecule has 9 heteroatoms. The summed E-state index contributed by atoms with van der Waals surface area (Å²) < 4.78 is 41.3. The molecule has 0 spiro atoms. The van der Waals surface area contributed by atoms with Gasteiger partial charge in [0, 0.05) is 45.8 Å². The second-order valence-corrected chi connectivity index (χ2v) is 9.18. The molecule has 34 heavy (non-hydrogen) atoms. The first-order valence-corrected chi connectivity index (χ1v) is 13.3. The molecular formula is C25H52FN3O5. The number of hydrogen-bond donors (Lipinski definition) is 1. The maximum Gasteiger partial charge on any atom is 0.124 e. The van der Waals surface area contributed by atoms with Crippen molar-refractivity contribution in [1.29, 1.82) is 0 Å². The van der Waals surface area contributed by atoms with Crippen LogP contribution in [0.5, 0.6) is 0 Å². The maximum atomic E-state index is 13.6. The molecule has 0 aromatic rings. The number of rotatable bonds is 24. The summed E-state index contributed by atoms with van der Waals surface area (Å²) in [6, 6.07) is 0. The summed E-state index contributed by atoms with van der Waals surface area (Å²) in [7, 11) is 0. The summed E-state index contributed by atoms with van der Waals surface area (Å²) >= 11 is 0. The fourth-order valence-corrected chi connectivity index (χ4v) is 3.62. The molecule has 0 amide bonds. The van der Waals surface area contributed by atoms with Gasteiger partial charge in [0.1, 0.15) is 6.17 Å². The summed E-state index contributed by atoms with van der Waals surface area (Å²) in [6.07, 6.45) is 0.879. The zero-order valence-electron chi connectivity index (χ0n) is 22.1. The van der Waals surface area contributed by atoms with Gasteiger partial charge in [0.15, 0.2) is 0 Å². The van der Waals surface area contributed by atoms with Crippen molar-refractivity contribution in [3.05, 3.63) is 0 Å². The van der Waals surface area contributed by atoms with Gasteiger partial charge in [-0.3, -0.25) is 9.80 Å². The molecule has 1 aliphatic heterocycles. The van der Waals surface area contributed by atoms with Crippen LogP contribution in [0.15, 0.2) is 0 Å². The van der Waals surface area contributed by atoms with E-state index in [0.29, 0.717) is 58.6 Å². The largest absolute Gasteiger partial charge is 0.378 e. The van der Waals surface area contributed by atoms with Crippen molar-refractivity contribution in [3.63, 3.8) is 0 Å². The fraction of sp³-hybridized carbons (Fsp3) is 1.00. The van der Waals surface area contributed by atoms with E-state index < -0.39 is 6.17 Å². The van der Waals surface area contributed by atoms with E-state index in [9.17, 15) is 4.39 Å². The molecule has 0 aliphatic carbocycles. The first kappa shape index (κ1) is 31.6. The van der Waals surface area contributed by atoms with Gasteiger partial charge in [0.2, 0.25) is 0 Å². The van der Waals surface area contributed by atoms with Gasteiger partial charge in [0.05, 0.1) is 66.1 Å². The third-order valence-electron chi connectivity index (χ3n) is 5.56. The minimum Gasteiger partial charge on any atom is -0.378 e. The zero-order chi connectivity index (χ0) is 24.7. The Labute approximate surface area is 207 Å². The monoisotopic (exact) mass is 493 g/mol. The Hall–Kier alpha value is -0.390. The van der Waals surface area contributed by atoms with Gasteiger partial charge >= 0.3 is 0 Å². The lowest BCUT2D eigenvalue weighted by Crippen LogP contribution is -2.48. The van der Waals surface area contributed by atoms with Gasteiger partial charge in [-0.25, -0.2) is 4.39 Å². The molecule has 0 aromatic heterocycles. The van der Waals surface area contributed by atoms with Crippen molar-refractivity contribution < 1.29 is 28.1 Å². The van der Waals surface area contributed by atoms with Gasteiger partial charge in [0.25, 0.3) is 0 Å². The van der Waals surface area contributed by atoms with Gasteiger partial charge in [-0.2, -0.15) is 0 Å². The summed E-state index contributed by atoms with van der Waals surface area (Å²) in [6.45, 7) is 20.0. The van der Waals surface area contributed by atoms with Crippen molar-refractivity contribution in [3.8, 4) is 0 Å². The third-order valence-corrected chi connectivity index (χ3v) is 5.56. The minimum atomic E-state index is -0.844. The van der Waals surface area contributed by atoms with Crippen LogP contribution in [0.4, 0.5) is 4.39 Å². The molecule has 1 aliphatic rings. The normalized spacial score (nSPS) is 16.5. The van der Waals surface area contributed by atoms with E-state index in [4.69, 9.17) is 23.7 Å². The molecule has 0 bridgehead atoms. The molecule has 8 nitrogen and oxygen atoms in total. The molecule has 1 saturated heterocycles. The lowest BCUT2D eigenvalue weighted by atomic mass is 10.1. The molecular weight excluding hydrogens is 441 g/mol. The van der Waals surface area contributed by atoms with Crippen molar-refractivity contribution in [2.45, 2.75) is 39.8 Å². The number of nitrogens with one attached hydrogen (secondary N) is 1. The summed E-state index contributed by atoms with van der Waals surface area (Å²) in [4.78, 5) is 4.81. The Kier molecular flexibility index (Phi) is 21.4. The highest BCUT2D eigenvalue weighted by atomic mass is 19.1. The lowest BCUT2D eigenvalue weighted by Gasteiger charge is -2.34. The van der Waals surface area contributed by atoms with E-state index >= 15 is 0 Å². The lowest BCUT2D eigenvalue weighted by molar-refractivity contribution is -0.00544. The average Bonchev–Trinajstić information content (AvgIpc) is 2.82.